The van der Waals surface area contributed by atoms with Crippen molar-refractivity contribution in [1.29, 1.82) is 5.26 Å². The number of halogens is 2. The van der Waals surface area contributed by atoms with Crippen molar-refractivity contribution in [1.82, 2.24) is 14.6 Å². The summed E-state index contributed by atoms with van der Waals surface area (Å²) >= 11 is 12.2. The molecule has 1 aromatic carbocycles. The molecule has 2 aromatic heterocycles. The first-order valence-corrected chi connectivity index (χ1v) is 7.13. The van der Waals surface area contributed by atoms with Crippen LogP contribution < -0.4 is 0 Å². The molecule has 0 fully saturated rings. The molecule has 0 amide bonds. The van der Waals surface area contributed by atoms with Crippen molar-refractivity contribution in [3.8, 4) is 17.3 Å². The van der Waals surface area contributed by atoms with E-state index >= 15 is 0 Å². The molecule has 2 heterocycles. The van der Waals surface area contributed by atoms with Gasteiger partial charge in [0.2, 0.25) is 0 Å². The lowest BCUT2D eigenvalue weighted by Crippen LogP contribution is -2.08. The van der Waals surface area contributed by atoms with Crippen molar-refractivity contribution in [3.05, 3.63) is 51.8 Å². The summed E-state index contributed by atoms with van der Waals surface area (Å²) in [7, 11) is 1.25. The quantitative estimate of drug-likeness (QED) is 0.664. The third-order valence-electron chi connectivity index (χ3n) is 3.19. The van der Waals surface area contributed by atoms with Crippen molar-refractivity contribution in [2.75, 3.05) is 7.11 Å². The Morgan fingerprint density at radius 3 is 2.78 bits per heavy atom. The van der Waals surface area contributed by atoms with Gasteiger partial charge >= 0.3 is 5.97 Å². The van der Waals surface area contributed by atoms with E-state index in [4.69, 9.17) is 33.2 Å². The number of benzene rings is 1. The molecule has 0 radical (unpaired) electrons. The predicted molar refractivity (Wildman–Crippen MR) is 84.5 cm³/mol. The lowest BCUT2D eigenvalue weighted by molar-refractivity contribution is 0.0594. The zero-order chi connectivity index (χ0) is 16.6. The van der Waals surface area contributed by atoms with Crippen LogP contribution in [0.5, 0.6) is 0 Å². The maximum atomic E-state index is 11.8. The summed E-state index contributed by atoms with van der Waals surface area (Å²) in [6.45, 7) is 0. The fourth-order valence-electron chi connectivity index (χ4n) is 2.14. The van der Waals surface area contributed by atoms with Crippen molar-refractivity contribution in [2.24, 2.45) is 0 Å². The minimum Gasteiger partial charge on any atom is -0.464 e. The molecule has 0 atom stereocenters. The highest BCUT2D eigenvalue weighted by Crippen LogP contribution is 2.31. The van der Waals surface area contributed by atoms with E-state index in [1.165, 1.54) is 23.9 Å². The minimum atomic E-state index is -0.621. The number of aromatic nitrogens is 3. The number of nitriles is 1. The summed E-state index contributed by atoms with van der Waals surface area (Å²) in [5, 5.41) is 14.2. The van der Waals surface area contributed by atoms with Gasteiger partial charge in [0.15, 0.2) is 11.3 Å². The Kier molecular flexibility index (Phi) is 3.90. The number of methoxy groups -OCH3 is 1. The second kappa shape index (κ2) is 5.88. The zero-order valence-corrected chi connectivity index (χ0v) is 13.3. The van der Waals surface area contributed by atoms with Crippen LogP contribution in [0.15, 0.2) is 30.5 Å². The summed E-state index contributed by atoms with van der Waals surface area (Å²) in [6.07, 6.45) is 1.37. The molecule has 114 valence electrons. The molecule has 0 aliphatic heterocycles. The number of esters is 1. The highest BCUT2D eigenvalue weighted by molar-refractivity contribution is 6.36. The Balaban J connectivity index is 2.36. The van der Waals surface area contributed by atoms with Gasteiger partial charge in [0.1, 0.15) is 11.6 Å². The molecule has 6 nitrogen and oxygen atoms in total. The Morgan fingerprint density at radius 2 is 2.13 bits per heavy atom. The maximum Gasteiger partial charge on any atom is 0.356 e. The summed E-state index contributed by atoms with van der Waals surface area (Å²) in [4.78, 5) is 16.0. The number of hydrogen-bond donors (Lipinski definition) is 0. The SMILES string of the molecule is COC(=O)c1cc(-c2ccc(Cl)cc2Cl)n2ncc(C#N)c2n1. The van der Waals surface area contributed by atoms with Crippen LogP contribution in [-0.2, 0) is 4.74 Å². The summed E-state index contributed by atoms with van der Waals surface area (Å²) in [6, 6.07) is 8.44. The van der Waals surface area contributed by atoms with Crippen molar-refractivity contribution in [2.45, 2.75) is 0 Å². The van der Waals surface area contributed by atoms with E-state index in [0.29, 0.717) is 21.3 Å². The van der Waals surface area contributed by atoms with Crippen LogP contribution in [0, 0.1) is 11.3 Å². The molecule has 3 aromatic rings. The van der Waals surface area contributed by atoms with E-state index in [1.807, 2.05) is 6.07 Å². The Labute approximate surface area is 140 Å². The first-order valence-electron chi connectivity index (χ1n) is 6.37. The van der Waals surface area contributed by atoms with Gasteiger partial charge < -0.3 is 4.74 Å². The van der Waals surface area contributed by atoms with Crippen LogP contribution >= 0.6 is 23.2 Å². The molecule has 0 N–H and O–H groups in total. The summed E-state index contributed by atoms with van der Waals surface area (Å²) in [5.74, 6) is -0.621. The van der Waals surface area contributed by atoms with Crippen LogP contribution in [0.25, 0.3) is 16.9 Å². The van der Waals surface area contributed by atoms with Crippen molar-refractivity contribution in [3.63, 3.8) is 0 Å². The molecule has 8 heteroatoms. The van der Waals surface area contributed by atoms with Gasteiger partial charge in [-0.2, -0.15) is 10.4 Å². The standard InChI is InChI=1S/C15H8Cl2N4O2/c1-23-15(22)12-5-13(10-3-2-9(16)4-11(10)17)21-14(20-12)8(6-18)7-19-21/h2-5,7H,1H3. The average molecular weight is 347 g/mol. The number of nitrogens with zero attached hydrogens (tertiary/aromatic N) is 4. The van der Waals surface area contributed by atoms with Gasteiger partial charge in [0.05, 0.1) is 24.0 Å². The van der Waals surface area contributed by atoms with Gasteiger partial charge in [-0.25, -0.2) is 14.3 Å². The fraction of sp³-hybridized carbons (Fsp3) is 0.0667. The molecular formula is C15H8Cl2N4O2. The van der Waals surface area contributed by atoms with Crippen LogP contribution in [0.3, 0.4) is 0 Å². The predicted octanol–water partition coefficient (Wildman–Crippen LogP) is 3.36. The Bertz CT molecular complexity index is 976. The average Bonchev–Trinajstić information content (AvgIpc) is 2.96. The smallest absolute Gasteiger partial charge is 0.356 e. The first-order chi connectivity index (χ1) is 11.0. The Morgan fingerprint density at radius 1 is 1.35 bits per heavy atom. The number of ether oxygens (including phenoxy) is 1. The molecule has 0 bridgehead atoms. The van der Waals surface area contributed by atoms with Gasteiger partial charge in [-0.3, -0.25) is 0 Å². The minimum absolute atomic E-state index is 0.0537. The van der Waals surface area contributed by atoms with E-state index in [-0.39, 0.29) is 16.9 Å². The maximum absolute atomic E-state index is 11.8. The Hall–Kier alpha value is -2.62. The lowest BCUT2D eigenvalue weighted by Gasteiger charge is -2.09. The van der Waals surface area contributed by atoms with Crippen LogP contribution in [0.2, 0.25) is 10.0 Å². The van der Waals surface area contributed by atoms with E-state index in [2.05, 4.69) is 10.1 Å². The van der Waals surface area contributed by atoms with Gasteiger partial charge in [-0.05, 0) is 24.3 Å². The second-order valence-corrected chi connectivity index (χ2v) is 5.39. The summed E-state index contributed by atoms with van der Waals surface area (Å²) in [5.41, 5.74) is 1.64. The van der Waals surface area contributed by atoms with E-state index in [0.717, 1.165) is 0 Å². The lowest BCUT2D eigenvalue weighted by atomic mass is 10.1. The highest BCUT2D eigenvalue weighted by atomic mass is 35.5. The van der Waals surface area contributed by atoms with Crippen LogP contribution in [-0.4, -0.2) is 27.7 Å². The fourth-order valence-corrected chi connectivity index (χ4v) is 2.65. The van der Waals surface area contributed by atoms with Gasteiger partial charge in [-0.1, -0.05) is 23.2 Å². The largest absolute Gasteiger partial charge is 0.464 e. The third kappa shape index (κ3) is 2.61. The molecule has 0 saturated carbocycles. The number of fused-ring (bicyclic) bond motifs is 1. The van der Waals surface area contributed by atoms with Gasteiger partial charge in [0, 0.05) is 10.6 Å². The van der Waals surface area contributed by atoms with Gasteiger partial charge in [-0.15, -0.1) is 0 Å². The van der Waals surface area contributed by atoms with E-state index in [1.54, 1.807) is 18.2 Å². The molecule has 0 unspecified atom stereocenters. The van der Waals surface area contributed by atoms with Gasteiger partial charge in [0.25, 0.3) is 0 Å². The summed E-state index contributed by atoms with van der Waals surface area (Å²) < 4.78 is 6.15. The molecule has 3 rings (SSSR count). The van der Waals surface area contributed by atoms with Crippen molar-refractivity contribution >= 4 is 34.8 Å². The third-order valence-corrected chi connectivity index (χ3v) is 3.74. The molecule has 0 aliphatic rings. The van der Waals surface area contributed by atoms with Crippen LogP contribution in [0.1, 0.15) is 16.1 Å². The van der Waals surface area contributed by atoms with Crippen molar-refractivity contribution < 1.29 is 9.53 Å². The topological polar surface area (TPSA) is 80.3 Å². The second-order valence-electron chi connectivity index (χ2n) is 4.55. The number of carbonyl (C=O) groups is 1. The number of hydrogen-bond acceptors (Lipinski definition) is 5. The number of carbonyl (C=O) groups excluding carboxylic acids is 1. The molecule has 23 heavy (non-hydrogen) atoms. The van der Waals surface area contributed by atoms with E-state index in [9.17, 15) is 4.79 Å². The molecular weight excluding hydrogens is 339 g/mol. The molecule has 0 aliphatic carbocycles. The normalized spacial score (nSPS) is 10.5. The monoisotopic (exact) mass is 346 g/mol. The first kappa shape index (κ1) is 15.3. The zero-order valence-electron chi connectivity index (χ0n) is 11.7. The highest BCUT2D eigenvalue weighted by Gasteiger charge is 2.18. The molecule has 0 saturated heterocycles. The van der Waals surface area contributed by atoms with E-state index < -0.39 is 5.97 Å². The molecule has 0 spiro atoms. The number of rotatable bonds is 2. The van der Waals surface area contributed by atoms with Crippen LogP contribution in [0.4, 0.5) is 0 Å².